The molecule has 3 rings (SSSR count). The summed E-state index contributed by atoms with van der Waals surface area (Å²) in [5.41, 5.74) is 1.23. The SMILES string of the molecule is C[C@@H]1CN(CC(=O)N(C)C2CC2)[C@H](c2ccccc2)CO1. The summed E-state index contributed by atoms with van der Waals surface area (Å²) in [6.07, 6.45) is 2.50. The zero-order valence-electron chi connectivity index (χ0n) is 12.9. The Morgan fingerprint density at radius 1 is 1.33 bits per heavy atom. The van der Waals surface area contributed by atoms with E-state index in [0.717, 1.165) is 19.4 Å². The van der Waals surface area contributed by atoms with E-state index in [2.05, 4.69) is 24.0 Å². The molecule has 0 spiro atoms. The first-order valence-electron chi connectivity index (χ1n) is 7.81. The van der Waals surface area contributed by atoms with Crippen LogP contribution in [0.25, 0.3) is 0 Å². The summed E-state index contributed by atoms with van der Waals surface area (Å²) in [7, 11) is 1.93. The minimum Gasteiger partial charge on any atom is -0.375 e. The lowest BCUT2D eigenvalue weighted by atomic mass is 10.0. The number of amides is 1. The van der Waals surface area contributed by atoms with E-state index in [-0.39, 0.29) is 18.1 Å². The molecule has 2 aliphatic rings. The van der Waals surface area contributed by atoms with Crippen LogP contribution < -0.4 is 0 Å². The molecule has 0 unspecified atom stereocenters. The fourth-order valence-corrected chi connectivity index (χ4v) is 2.98. The first-order chi connectivity index (χ1) is 10.1. The van der Waals surface area contributed by atoms with Gasteiger partial charge in [-0.15, -0.1) is 0 Å². The molecule has 0 aromatic heterocycles. The maximum Gasteiger partial charge on any atom is 0.236 e. The number of rotatable bonds is 4. The van der Waals surface area contributed by atoms with Gasteiger partial charge in [0.15, 0.2) is 0 Å². The Balaban J connectivity index is 1.70. The van der Waals surface area contributed by atoms with E-state index < -0.39 is 0 Å². The summed E-state index contributed by atoms with van der Waals surface area (Å²) in [4.78, 5) is 16.6. The Morgan fingerprint density at radius 2 is 2.05 bits per heavy atom. The van der Waals surface area contributed by atoms with Crippen molar-refractivity contribution in [3.8, 4) is 0 Å². The van der Waals surface area contributed by atoms with Gasteiger partial charge in [-0.3, -0.25) is 9.69 Å². The van der Waals surface area contributed by atoms with Crippen molar-refractivity contribution >= 4 is 5.91 Å². The maximum atomic E-state index is 12.4. The third-order valence-corrected chi connectivity index (χ3v) is 4.48. The van der Waals surface area contributed by atoms with Crippen LogP contribution in [0.5, 0.6) is 0 Å². The number of carbonyl (C=O) groups is 1. The van der Waals surface area contributed by atoms with Gasteiger partial charge in [0.05, 0.1) is 25.3 Å². The van der Waals surface area contributed by atoms with Crippen LogP contribution in [0.1, 0.15) is 31.4 Å². The Labute approximate surface area is 126 Å². The van der Waals surface area contributed by atoms with Gasteiger partial charge in [-0.1, -0.05) is 30.3 Å². The molecule has 21 heavy (non-hydrogen) atoms. The van der Waals surface area contributed by atoms with E-state index in [0.29, 0.717) is 19.2 Å². The van der Waals surface area contributed by atoms with Gasteiger partial charge >= 0.3 is 0 Å². The van der Waals surface area contributed by atoms with Crippen LogP contribution in [0.3, 0.4) is 0 Å². The lowest BCUT2D eigenvalue weighted by Gasteiger charge is -2.39. The van der Waals surface area contributed by atoms with Crippen LogP contribution in [0.15, 0.2) is 30.3 Å². The predicted octanol–water partition coefficient (Wildman–Crippen LogP) is 2.07. The zero-order valence-corrected chi connectivity index (χ0v) is 12.9. The molecule has 0 N–H and O–H groups in total. The van der Waals surface area contributed by atoms with Crippen molar-refractivity contribution in [2.45, 2.75) is 38.0 Å². The first kappa shape index (κ1) is 14.5. The highest BCUT2D eigenvalue weighted by Crippen LogP contribution is 2.28. The number of hydrogen-bond donors (Lipinski definition) is 0. The quantitative estimate of drug-likeness (QED) is 0.850. The van der Waals surface area contributed by atoms with Crippen molar-refractivity contribution in [1.29, 1.82) is 0 Å². The molecule has 0 bridgehead atoms. The van der Waals surface area contributed by atoms with E-state index in [1.807, 2.05) is 30.1 Å². The number of likely N-dealkylation sites (N-methyl/N-ethyl adjacent to an activating group) is 1. The van der Waals surface area contributed by atoms with E-state index in [1.165, 1.54) is 5.56 Å². The molecule has 4 heteroatoms. The average molecular weight is 288 g/mol. The zero-order chi connectivity index (χ0) is 14.8. The topological polar surface area (TPSA) is 32.8 Å². The number of ether oxygens (including phenoxy) is 1. The molecule has 1 aromatic rings. The summed E-state index contributed by atoms with van der Waals surface area (Å²) in [6, 6.07) is 11.0. The van der Waals surface area contributed by atoms with Crippen LogP contribution in [0.2, 0.25) is 0 Å². The molecule has 1 saturated carbocycles. The van der Waals surface area contributed by atoms with E-state index >= 15 is 0 Å². The van der Waals surface area contributed by atoms with Crippen molar-refractivity contribution in [1.82, 2.24) is 9.80 Å². The van der Waals surface area contributed by atoms with E-state index in [1.54, 1.807) is 0 Å². The van der Waals surface area contributed by atoms with Crippen molar-refractivity contribution in [2.24, 2.45) is 0 Å². The molecule has 0 radical (unpaired) electrons. The Kier molecular flexibility index (Phi) is 4.27. The molecule has 1 saturated heterocycles. The molecule has 1 amide bonds. The van der Waals surface area contributed by atoms with Crippen LogP contribution >= 0.6 is 0 Å². The lowest BCUT2D eigenvalue weighted by molar-refractivity contribution is -0.135. The molecule has 2 atom stereocenters. The standard InChI is InChI=1S/C17H24N2O2/c1-13-10-19(11-17(20)18(2)15-8-9-15)16(12-21-13)14-6-4-3-5-7-14/h3-7,13,15-16H,8-12H2,1-2H3/t13-,16+/m1/s1. The van der Waals surface area contributed by atoms with E-state index in [4.69, 9.17) is 4.74 Å². The average Bonchev–Trinajstić information content (AvgIpc) is 3.32. The van der Waals surface area contributed by atoms with Gasteiger partial charge in [0, 0.05) is 19.6 Å². The smallest absolute Gasteiger partial charge is 0.236 e. The van der Waals surface area contributed by atoms with Gasteiger partial charge in [-0.05, 0) is 25.3 Å². The third kappa shape index (κ3) is 3.44. The molecule has 1 aromatic carbocycles. The van der Waals surface area contributed by atoms with Crippen LogP contribution in [0, 0.1) is 0 Å². The number of hydrogen-bond acceptors (Lipinski definition) is 3. The Bertz CT molecular complexity index is 487. The second-order valence-corrected chi connectivity index (χ2v) is 6.24. The highest BCUT2D eigenvalue weighted by molar-refractivity contribution is 5.78. The van der Waals surface area contributed by atoms with Gasteiger partial charge in [-0.25, -0.2) is 0 Å². The molecule has 2 fully saturated rings. The number of benzene rings is 1. The predicted molar refractivity (Wildman–Crippen MR) is 82.0 cm³/mol. The van der Waals surface area contributed by atoms with Crippen molar-refractivity contribution < 1.29 is 9.53 Å². The van der Waals surface area contributed by atoms with Gasteiger partial charge in [0.2, 0.25) is 5.91 Å². The Morgan fingerprint density at radius 3 is 2.71 bits per heavy atom. The molecule has 1 aliphatic heterocycles. The van der Waals surface area contributed by atoms with Gasteiger partial charge in [0.25, 0.3) is 0 Å². The minimum absolute atomic E-state index is 0.180. The monoisotopic (exact) mass is 288 g/mol. The van der Waals surface area contributed by atoms with Gasteiger partial charge in [0.1, 0.15) is 0 Å². The molecular formula is C17H24N2O2. The van der Waals surface area contributed by atoms with Crippen molar-refractivity contribution in [2.75, 3.05) is 26.7 Å². The lowest BCUT2D eigenvalue weighted by Crippen LogP contribution is -2.48. The van der Waals surface area contributed by atoms with Crippen LogP contribution in [-0.4, -0.2) is 54.6 Å². The van der Waals surface area contributed by atoms with Crippen molar-refractivity contribution in [3.63, 3.8) is 0 Å². The molecular weight excluding hydrogens is 264 g/mol. The summed E-state index contributed by atoms with van der Waals surface area (Å²) in [6.45, 7) is 4.03. The fourth-order valence-electron chi connectivity index (χ4n) is 2.98. The Hall–Kier alpha value is -1.39. The second-order valence-electron chi connectivity index (χ2n) is 6.24. The molecule has 1 aliphatic carbocycles. The second kappa shape index (κ2) is 6.16. The third-order valence-electron chi connectivity index (χ3n) is 4.48. The van der Waals surface area contributed by atoms with Crippen LogP contribution in [-0.2, 0) is 9.53 Å². The fraction of sp³-hybridized carbons (Fsp3) is 0.588. The number of nitrogens with zero attached hydrogens (tertiary/aromatic N) is 2. The highest BCUT2D eigenvalue weighted by Gasteiger charge is 2.33. The molecule has 4 nitrogen and oxygen atoms in total. The number of carbonyl (C=O) groups excluding carboxylic acids is 1. The van der Waals surface area contributed by atoms with Gasteiger partial charge in [-0.2, -0.15) is 0 Å². The summed E-state index contributed by atoms with van der Waals surface area (Å²) >= 11 is 0. The van der Waals surface area contributed by atoms with Gasteiger partial charge < -0.3 is 9.64 Å². The first-order valence-corrected chi connectivity index (χ1v) is 7.81. The van der Waals surface area contributed by atoms with Crippen molar-refractivity contribution in [3.05, 3.63) is 35.9 Å². The summed E-state index contributed by atoms with van der Waals surface area (Å²) in [5, 5.41) is 0. The van der Waals surface area contributed by atoms with Crippen LogP contribution in [0.4, 0.5) is 0 Å². The molecule has 114 valence electrons. The maximum absolute atomic E-state index is 12.4. The largest absolute Gasteiger partial charge is 0.375 e. The number of morpholine rings is 1. The summed E-state index contributed by atoms with van der Waals surface area (Å²) < 4.78 is 5.81. The molecule has 1 heterocycles. The minimum atomic E-state index is 0.180. The van der Waals surface area contributed by atoms with E-state index in [9.17, 15) is 4.79 Å². The normalized spacial score (nSPS) is 26.6. The highest BCUT2D eigenvalue weighted by atomic mass is 16.5. The summed E-state index contributed by atoms with van der Waals surface area (Å²) in [5.74, 6) is 0.229.